The van der Waals surface area contributed by atoms with Gasteiger partial charge in [-0.3, -0.25) is 0 Å². The summed E-state index contributed by atoms with van der Waals surface area (Å²) in [7, 11) is -2.89. The second-order valence-corrected chi connectivity index (χ2v) is 14.1. The highest BCUT2D eigenvalue weighted by molar-refractivity contribution is 7.89. The first-order chi connectivity index (χ1) is 21.4. The number of rotatable bonds is 14. The summed E-state index contributed by atoms with van der Waals surface area (Å²) in [5, 5.41) is 17.0. The molecule has 0 aliphatic carbocycles. The van der Waals surface area contributed by atoms with Crippen LogP contribution < -0.4 is 16.4 Å². The van der Waals surface area contributed by atoms with Gasteiger partial charge in [-0.15, -0.1) is 0 Å². The lowest BCUT2D eigenvalue weighted by Crippen LogP contribution is -2.52. The fraction of sp³-hybridized carbons (Fsp3) is 0.548. The van der Waals surface area contributed by atoms with Crippen LogP contribution in [-0.2, 0) is 35.4 Å². The minimum atomic E-state index is -4.15. The minimum absolute atomic E-state index is 0.00493. The van der Waals surface area contributed by atoms with E-state index in [1.807, 2.05) is 44.2 Å². The third-order valence-corrected chi connectivity index (χ3v) is 9.86. The van der Waals surface area contributed by atoms with E-state index >= 15 is 0 Å². The number of benzene rings is 2. The van der Waals surface area contributed by atoms with Gasteiger partial charge in [0.25, 0.3) is 0 Å². The maximum Gasteiger partial charge on any atom is 0.407 e. The van der Waals surface area contributed by atoms with E-state index in [1.54, 1.807) is 12.1 Å². The molecule has 0 radical (unpaired) electrons. The molecule has 2 fully saturated rings. The smallest absolute Gasteiger partial charge is 0.407 e. The first-order valence-electron chi connectivity index (χ1n) is 15.0. The number of aliphatic hydroxyl groups excluding tert-OH is 1. The average molecular weight is 649 g/mol. The average Bonchev–Trinajstić information content (AvgIpc) is 3.62. The van der Waals surface area contributed by atoms with Crippen LogP contribution in [0.1, 0.15) is 32.3 Å². The highest BCUT2D eigenvalue weighted by atomic mass is 32.2. The number of sulfonamides is 1. The molecule has 2 aliphatic heterocycles. The summed E-state index contributed by atoms with van der Waals surface area (Å²) in [6.07, 6.45) is -2.22. The molecule has 2 aromatic rings. The van der Waals surface area contributed by atoms with Gasteiger partial charge < -0.3 is 40.4 Å². The van der Waals surface area contributed by atoms with Gasteiger partial charge in [0.2, 0.25) is 10.0 Å². The van der Waals surface area contributed by atoms with Gasteiger partial charge in [0.15, 0.2) is 6.29 Å². The number of nitrogens with one attached hydrogen (secondary N) is 2. The number of nitrogens with two attached hydrogens (primary N) is 1. The van der Waals surface area contributed by atoms with Gasteiger partial charge in [-0.05, 0) is 48.4 Å². The number of ether oxygens (including phenoxy) is 4. The molecule has 0 bridgehead atoms. The molecule has 5 atom stereocenters. The molecule has 14 heteroatoms. The molecule has 2 aliphatic rings. The number of hydrogen-bond acceptors (Lipinski definition) is 10. The number of hydrogen-bond donors (Lipinski definition) is 4. The van der Waals surface area contributed by atoms with E-state index in [4.69, 9.17) is 19.9 Å². The monoisotopic (exact) mass is 648 g/mol. The van der Waals surface area contributed by atoms with E-state index in [2.05, 4.69) is 15.4 Å². The van der Waals surface area contributed by atoms with E-state index in [-0.39, 0.29) is 49.2 Å². The molecule has 2 aromatic carbocycles. The van der Waals surface area contributed by atoms with Crippen LogP contribution in [0.25, 0.3) is 0 Å². The molecule has 13 nitrogen and oxygen atoms in total. The van der Waals surface area contributed by atoms with E-state index in [0.717, 1.165) is 5.56 Å². The summed E-state index contributed by atoms with van der Waals surface area (Å²) in [6.45, 7) is 4.36. The van der Waals surface area contributed by atoms with Crippen LogP contribution in [-0.4, -0.2) is 94.5 Å². The van der Waals surface area contributed by atoms with Gasteiger partial charge in [-0.25, -0.2) is 18.0 Å². The maximum absolute atomic E-state index is 14.0. The van der Waals surface area contributed by atoms with Crippen LogP contribution >= 0.6 is 0 Å². The predicted octanol–water partition coefficient (Wildman–Crippen LogP) is 2.49. The van der Waals surface area contributed by atoms with Crippen molar-refractivity contribution < 1.29 is 42.1 Å². The largest absolute Gasteiger partial charge is 0.453 e. The number of methoxy groups -OCH3 is 1. The Balaban J connectivity index is 1.55. The highest BCUT2D eigenvalue weighted by Gasteiger charge is 2.44. The molecular weight excluding hydrogens is 604 g/mol. The Kier molecular flexibility index (Phi) is 11.7. The molecule has 45 heavy (non-hydrogen) atoms. The number of alkyl carbamates (subject to hydrolysis) is 2. The Bertz CT molecular complexity index is 1390. The first kappa shape index (κ1) is 34.4. The fourth-order valence-electron chi connectivity index (χ4n) is 5.56. The summed E-state index contributed by atoms with van der Waals surface area (Å²) < 4.78 is 50.6. The lowest BCUT2D eigenvalue weighted by atomic mass is 9.89. The molecule has 2 heterocycles. The zero-order valence-electron chi connectivity index (χ0n) is 25.9. The van der Waals surface area contributed by atoms with Crippen LogP contribution in [0.5, 0.6) is 0 Å². The Morgan fingerprint density at radius 3 is 2.60 bits per heavy atom. The predicted molar refractivity (Wildman–Crippen MR) is 166 cm³/mol. The van der Waals surface area contributed by atoms with Crippen molar-refractivity contribution in [3.8, 4) is 0 Å². The first-order valence-corrected chi connectivity index (χ1v) is 16.4. The third kappa shape index (κ3) is 9.53. The summed E-state index contributed by atoms with van der Waals surface area (Å²) in [4.78, 5) is 24.7. The second kappa shape index (κ2) is 15.2. The molecule has 0 aromatic heterocycles. The molecule has 0 saturated carbocycles. The van der Waals surface area contributed by atoms with Crippen LogP contribution in [0.3, 0.4) is 0 Å². The summed E-state index contributed by atoms with van der Waals surface area (Å²) in [5.74, 6) is -0.0666. The topological polar surface area (TPSA) is 179 Å². The second-order valence-electron chi connectivity index (χ2n) is 12.2. The standard InChI is InChI=1S/C31H44N4O9S/c1-31(2,13-14-33-29(37)41-3)20-35(45(39,40)23-11-7-10-22(32)17-23)18-26(36)25(16-21-8-5-4-6-9-21)34-30(38)44-27-19-43-28-24(27)12-15-42-28/h4-11,17,24-28,36H,12-16,18-20,32H2,1-3H3,(H,33,37)(H,34,38)/t24-,25-,26+,27-,28+/m0/s1. The van der Waals surface area contributed by atoms with Gasteiger partial charge in [-0.2, -0.15) is 4.31 Å². The van der Waals surface area contributed by atoms with E-state index < -0.39 is 52.2 Å². The van der Waals surface area contributed by atoms with Crippen LogP contribution in [0.4, 0.5) is 15.3 Å². The van der Waals surface area contributed by atoms with E-state index in [1.165, 1.54) is 23.5 Å². The van der Waals surface area contributed by atoms with Crippen molar-refractivity contribution in [1.82, 2.24) is 14.9 Å². The number of fused-ring (bicyclic) bond motifs is 1. The fourth-order valence-corrected chi connectivity index (χ4v) is 7.26. The Morgan fingerprint density at radius 1 is 1.13 bits per heavy atom. The van der Waals surface area contributed by atoms with Crippen molar-refractivity contribution >= 4 is 27.9 Å². The van der Waals surface area contributed by atoms with Gasteiger partial charge in [0.1, 0.15) is 6.10 Å². The lowest BCUT2D eigenvalue weighted by molar-refractivity contribution is -0.0907. The molecule has 5 N–H and O–H groups in total. The minimum Gasteiger partial charge on any atom is -0.453 e. The van der Waals surface area contributed by atoms with Crippen molar-refractivity contribution in [2.75, 3.05) is 45.7 Å². The van der Waals surface area contributed by atoms with Crippen LogP contribution in [0.15, 0.2) is 59.5 Å². The van der Waals surface area contributed by atoms with Crippen molar-refractivity contribution in [2.45, 2.75) is 62.5 Å². The third-order valence-electron chi connectivity index (χ3n) is 8.06. The van der Waals surface area contributed by atoms with Crippen molar-refractivity contribution in [3.05, 3.63) is 60.2 Å². The molecule has 0 spiro atoms. The quantitative estimate of drug-likeness (QED) is 0.223. The van der Waals surface area contributed by atoms with Gasteiger partial charge in [0, 0.05) is 25.3 Å². The number of amides is 2. The van der Waals surface area contributed by atoms with Gasteiger partial charge >= 0.3 is 12.2 Å². The number of aliphatic hydroxyl groups is 1. The maximum atomic E-state index is 14.0. The number of carbonyl (C=O) groups is 2. The normalized spacial score (nSPS) is 21.1. The molecule has 2 saturated heterocycles. The summed E-state index contributed by atoms with van der Waals surface area (Å²) >= 11 is 0. The van der Waals surface area contributed by atoms with Crippen LogP contribution in [0.2, 0.25) is 0 Å². The highest BCUT2D eigenvalue weighted by Crippen LogP contribution is 2.33. The Labute approximate surface area is 264 Å². The molecule has 4 rings (SSSR count). The van der Waals surface area contributed by atoms with Crippen molar-refractivity contribution in [1.29, 1.82) is 0 Å². The molecule has 248 valence electrons. The number of anilines is 1. The van der Waals surface area contributed by atoms with Crippen molar-refractivity contribution in [2.24, 2.45) is 11.3 Å². The Morgan fingerprint density at radius 2 is 1.89 bits per heavy atom. The zero-order chi connectivity index (χ0) is 32.6. The molecular formula is C31H44N4O9S. The van der Waals surface area contributed by atoms with Crippen LogP contribution in [0, 0.1) is 11.3 Å². The lowest BCUT2D eigenvalue weighted by Gasteiger charge is -2.35. The Hall–Kier alpha value is -3.43. The SMILES string of the molecule is COC(=O)NCCC(C)(C)CN(C[C@@H](O)[C@H](Cc1ccccc1)NC(=O)O[C@H]1CO[C@H]2OCC[C@H]21)S(=O)(=O)c1cccc(N)c1. The number of nitrogens with zero attached hydrogens (tertiary/aromatic N) is 1. The summed E-state index contributed by atoms with van der Waals surface area (Å²) in [5.41, 5.74) is 6.38. The summed E-state index contributed by atoms with van der Waals surface area (Å²) in [6, 6.07) is 14.3. The van der Waals surface area contributed by atoms with Gasteiger partial charge in [0.05, 0.1) is 43.3 Å². The van der Waals surface area contributed by atoms with E-state index in [9.17, 15) is 23.1 Å². The number of carbonyl (C=O) groups excluding carboxylic acids is 2. The van der Waals surface area contributed by atoms with Crippen molar-refractivity contribution in [3.63, 3.8) is 0 Å². The number of nitrogen functional groups attached to an aromatic ring is 1. The van der Waals surface area contributed by atoms with E-state index in [0.29, 0.717) is 19.4 Å². The zero-order valence-corrected chi connectivity index (χ0v) is 26.7. The van der Waals surface area contributed by atoms with Gasteiger partial charge in [-0.1, -0.05) is 50.2 Å². The molecule has 2 amide bonds. The molecule has 0 unspecified atom stereocenters.